The van der Waals surface area contributed by atoms with E-state index in [9.17, 15) is 0 Å². The van der Waals surface area contributed by atoms with Crippen molar-refractivity contribution in [3.8, 4) is 0 Å². The van der Waals surface area contributed by atoms with Gasteiger partial charge in [-0.25, -0.2) is 0 Å². The van der Waals surface area contributed by atoms with Crippen LogP contribution in [0.25, 0.3) is 0 Å². The zero-order valence-electron chi connectivity index (χ0n) is 10.4. The molecule has 0 bridgehead atoms. The van der Waals surface area contributed by atoms with Crippen LogP contribution in [0.3, 0.4) is 0 Å². The zero-order valence-corrected chi connectivity index (χ0v) is 10.4. The molecule has 16 heavy (non-hydrogen) atoms. The fraction of sp³-hybridized carbons (Fsp3) is 0.833. The molecule has 0 N–H and O–H groups in total. The maximum atomic E-state index is 4.11. The van der Waals surface area contributed by atoms with Crippen molar-refractivity contribution in [3.63, 3.8) is 0 Å². The average Bonchev–Trinajstić information content (AvgIpc) is 2.32. The van der Waals surface area contributed by atoms with E-state index >= 15 is 0 Å². The fourth-order valence-corrected chi connectivity index (χ4v) is 1.74. The fourth-order valence-electron chi connectivity index (χ4n) is 1.74. The molecule has 0 atom stereocenters. The van der Waals surface area contributed by atoms with Gasteiger partial charge in [-0.15, -0.1) is 10.2 Å². The van der Waals surface area contributed by atoms with Gasteiger partial charge in [0, 0.05) is 0 Å². The molecule has 1 aromatic heterocycles. The summed E-state index contributed by atoms with van der Waals surface area (Å²) in [7, 11) is 0. The van der Waals surface area contributed by atoms with E-state index in [1.807, 2.05) is 0 Å². The monoisotopic (exact) mass is 222 g/mol. The van der Waals surface area contributed by atoms with Gasteiger partial charge in [0.15, 0.2) is 0 Å². The lowest BCUT2D eigenvalue weighted by atomic mass is 10.1. The molecule has 1 rings (SSSR count). The lowest BCUT2D eigenvalue weighted by molar-refractivity contribution is 0.620. The Kier molecular flexibility index (Phi) is 6.61. The van der Waals surface area contributed by atoms with E-state index in [2.05, 4.69) is 34.5 Å². The molecule has 0 radical (unpaired) electrons. The predicted octanol–water partition coefficient (Wildman–Crippen LogP) is 2.73. The molecule has 0 aliphatic rings. The van der Waals surface area contributed by atoms with Crippen LogP contribution in [0.1, 0.15) is 63.8 Å². The Labute approximate surface area is 97.9 Å². The molecule has 90 valence electrons. The third-order valence-electron chi connectivity index (χ3n) is 2.74. The summed E-state index contributed by atoms with van der Waals surface area (Å²) < 4.78 is 0. The maximum absolute atomic E-state index is 4.11. The number of unbranched alkanes of at least 4 members (excludes halogenated alkanes) is 4. The Bertz CT molecular complexity index is 259. The summed E-state index contributed by atoms with van der Waals surface area (Å²) in [4.78, 5) is 0. The summed E-state index contributed by atoms with van der Waals surface area (Å²) in [5, 5.41) is 15.5. The number of hydrogen-bond acceptors (Lipinski definition) is 4. The minimum absolute atomic E-state index is 0.998. The van der Waals surface area contributed by atoms with E-state index in [1.54, 1.807) is 0 Å². The summed E-state index contributed by atoms with van der Waals surface area (Å²) in [6, 6.07) is 0. The van der Waals surface area contributed by atoms with Crippen LogP contribution in [0.4, 0.5) is 0 Å². The largest absolute Gasteiger partial charge is 0.132 e. The maximum Gasteiger partial charge on any atom is 0.0883 e. The van der Waals surface area contributed by atoms with E-state index in [1.165, 1.54) is 38.5 Å². The van der Waals surface area contributed by atoms with Gasteiger partial charge in [0.2, 0.25) is 0 Å². The predicted molar refractivity (Wildman–Crippen MR) is 64.1 cm³/mol. The first-order valence-corrected chi connectivity index (χ1v) is 6.42. The molecule has 4 nitrogen and oxygen atoms in total. The van der Waals surface area contributed by atoms with E-state index in [0.717, 1.165) is 24.2 Å². The standard InChI is InChI=1S/C12H22N4/c1-3-5-7-9-11-12(10-8-6-4-2)14-16-15-13-11/h3-10H2,1-2H3. The van der Waals surface area contributed by atoms with Crippen molar-refractivity contribution in [1.82, 2.24) is 20.6 Å². The van der Waals surface area contributed by atoms with Gasteiger partial charge in [0.1, 0.15) is 0 Å². The number of hydrogen-bond donors (Lipinski definition) is 0. The molecule has 0 fully saturated rings. The van der Waals surface area contributed by atoms with Gasteiger partial charge in [-0.3, -0.25) is 0 Å². The zero-order chi connectivity index (χ0) is 11.6. The molecule has 1 aromatic rings. The number of aryl methyl sites for hydroxylation is 2. The molecule has 0 spiro atoms. The highest BCUT2D eigenvalue weighted by molar-refractivity contribution is 5.07. The van der Waals surface area contributed by atoms with E-state index in [-0.39, 0.29) is 0 Å². The number of rotatable bonds is 8. The van der Waals surface area contributed by atoms with Crippen molar-refractivity contribution >= 4 is 0 Å². The summed E-state index contributed by atoms with van der Waals surface area (Å²) in [5.74, 6) is 0. The Balaban J connectivity index is 2.46. The SMILES string of the molecule is CCCCCc1nnnnc1CCCCC. The molecular weight excluding hydrogens is 200 g/mol. The van der Waals surface area contributed by atoms with Crippen molar-refractivity contribution in [2.75, 3.05) is 0 Å². The second kappa shape index (κ2) is 8.13. The summed E-state index contributed by atoms with van der Waals surface area (Å²) >= 11 is 0. The highest BCUT2D eigenvalue weighted by Crippen LogP contribution is 2.09. The van der Waals surface area contributed by atoms with Gasteiger partial charge < -0.3 is 0 Å². The first kappa shape index (κ1) is 13.0. The van der Waals surface area contributed by atoms with E-state index in [0.29, 0.717) is 0 Å². The quantitative estimate of drug-likeness (QED) is 0.635. The Morgan fingerprint density at radius 2 is 1.12 bits per heavy atom. The first-order chi connectivity index (χ1) is 7.88. The lowest BCUT2D eigenvalue weighted by Crippen LogP contribution is -2.06. The van der Waals surface area contributed by atoms with Gasteiger partial charge in [-0.1, -0.05) is 39.5 Å². The minimum atomic E-state index is 0.998. The number of aromatic nitrogens is 4. The normalized spacial score (nSPS) is 10.6. The smallest absolute Gasteiger partial charge is 0.0883 e. The Morgan fingerprint density at radius 1 is 0.688 bits per heavy atom. The van der Waals surface area contributed by atoms with Crippen LogP contribution >= 0.6 is 0 Å². The van der Waals surface area contributed by atoms with Crippen LogP contribution in [0.15, 0.2) is 0 Å². The molecule has 0 saturated carbocycles. The molecule has 0 unspecified atom stereocenters. The Morgan fingerprint density at radius 3 is 1.50 bits per heavy atom. The topological polar surface area (TPSA) is 51.6 Å². The second-order valence-electron chi connectivity index (χ2n) is 4.19. The van der Waals surface area contributed by atoms with Crippen molar-refractivity contribution in [2.45, 2.75) is 65.2 Å². The molecule has 0 saturated heterocycles. The van der Waals surface area contributed by atoms with E-state index < -0.39 is 0 Å². The van der Waals surface area contributed by atoms with Gasteiger partial charge in [0.05, 0.1) is 11.4 Å². The Hall–Kier alpha value is -1.06. The molecular formula is C12H22N4. The summed E-state index contributed by atoms with van der Waals surface area (Å²) in [5.41, 5.74) is 2.11. The molecule has 4 heteroatoms. The van der Waals surface area contributed by atoms with Crippen molar-refractivity contribution in [1.29, 1.82) is 0 Å². The molecule has 0 aromatic carbocycles. The third-order valence-corrected chi connectivity index (χ3v) is 2.74. The molecule has 0 aliphatic carbocycles. The third kappa shape index (κ3) is 4.64. The molecule has 1 heterocycles. The summed E-state index contributed by atoms with van der Waals surface area (Å²) in [6.07, 6.45) is 9.32. The highest BCUT2D eigenvalue weighted by Gasteiger charge is 2.06. The van der Waals surface area contributed by atoms with Gasteiger partial charge in [-0.05, 0) is 36.1 Å². The highest BCUT2D eigenvalue weighted by atomic mass is 15.4. The van der Waals surface area contributed by atoms with Gasteiger partial charge in [0.25, 0.3) is 0 Å². The summed E-state index contributed by atoms with van der Waals surface area (Å²) in [6.45, 7) is 4.41. The number of nitrogens with zero attached hydrogens (tertiary/aromatic N) is 4. The molecule has 0 amide bonds. The van der Waals surface area contributed by atoms with E-state index in [4.69, 9.17) is 0 Å². The van der Waals surface area contributed by atoms with Crippen molar-refractivity contribution in [3.05, 3.63) is 11.4 Å². The van der Waals surface area contributed by atoms with Crippen LogP contribution in [0.5, 0.6) is 0 Å². The van der Waals surface area contributed by atoms with Crippen LogP contribution in [0.2, 0.25) is 0 Å². The van der Waals surface area contributed by atoms with Crippen molar-refractivity contribution < 1.29 is 0 Å². The second-order valence-corrected chi connectivity index (χ2v) is 4.19. The van der Waals surface area contributed by atoms with Crippen molar-refractivity contribution in [2.24, 2.45) is 0 Å². The van der Waals surface area contributed by atoms with Gasteiger partial charge in [-0.2, -0.15) is 0 Å². The van der Waals surface area contributed by atoms with Crippen LogP contribution in [-0.2, 0) is 12.8 Å². The van der Waals surface area contributed by atoms with Crippen LogP contribution in [-0.4, -0.2) is 20.6 Å². The van der Waals surface area contributed by atoms with Crippen LogP contribution in [0, 0.1) is 0 Å². The first-order valence-electron chi connectivity index (χ1n) is 6.42. The minimum Gasteiger partial charge on any atom is -0.132 e. The van der Waals surface area contributed by atoms with Crippen LogP contribution < -0.4 is 0 Å². The lowest BCUT2D eigenvalue weighted by Gasteiger charge is -2.04. The molecule has 0 aliphatic heterocycles. The van der Waals surface area contributed by atoms with Gasteiger partial charge >= 0.3 is 0 Å². The average molecular weight is 222 g/mol.